The van der Waals surface area contributed by atoms with Gasteiger partial charge in [0.25, 0.3) is 0 Å². The number of rotatable bonds is 4. The van der Waals surface area contributed by atoms with Crippen molar-refractivity contribution in [3.05, 3.63) is 30.3 Å². The van der Waals surface area contributed by atoms with Gasteiger partial charge in [-0.3, -0.25) is 9.59 Å². The molecule has 0 bridgehead atoms. The van der Waals surface area contributed by atoms with Gasteiger partial charge in [-0.05, 0) is 12.1 Å². The number of hydrogen-bond acceptors (Lipinski definition) is 5. The Labute approximate surface area is 123 Å². The molecule has 2 rings (SSSR count). The average molecular weight is 311 g/mol. The van der Waals surface area contributed by atoms with E-state index in [4.69, 9.17) is 5.73 Å². The van der Waals surface area contributed by atoms with Crippen LogP contribution < -0.4 is 11.1 Å². The molecule has 1 aliphatic heterocycles. The molecular weight excluding hydrogens is 294 g/mol. The number of primary amides is 1. The van der Waals surface area contributed by atoms with Crippen LogP contribution >= 0.6 is 0 Å². The Bertz CT molecular complexity index is 630. The second-order valence-corrected chi connectivity index (χ2v) is 6.81. The van der Waals surface area contributed by atoms with E-state index in [0.29, 0.717) is 13.1 Å². The number of nitrogens with zero attached hydrogens (tertiary/aromatic N) is 1. The smallest absolute Gasteiger partial charge is 0.238 e. The Balaban J connectivity index is 2.06. The highest BCUT2D eigenvalue weighted by Crippen LogP contribution is 2.11. The molecule has 1 heterocycles. The first-order valence-corrected chi connectivity index (χ1v) is 8.13. The molecule has 1 atom stereocenters. The largest absolute Gasteiger partial charge is 0.368 e. The maximum atomic E-state index is 12.1. The van der Waals surface area contributed by atoms with Crippen molar-refractivity contribution in [3.63, 3.8) is 0 Å². The predicted molar refractivity (Wildman–Crippen MR) is 76.1 cm³/mol. The highest BCUT2D eigenvalue weighted by molar-refractivity contribution is 7.92. The van der Waals surface area contributed by atoms with Gasteiger partial charge in [0.15, 0.2) is 9.84 Å². The summed E-state index contributed by atoms with van der Waals surface area (Å²) >= 11 is 0. The van der Waals surface area contributed by atoms with Crippen molar-refractivity contribution in [1.82, 2.24) is 10.2 Å². The normalized spacial score (nSPS) is 19.2. The lowest BCUT2D eigenvalue weighted by molar-refractivity contribution is -0.131. The molecule has 1 aliphatic rings. The quantitative estimate of drug-likeness (QED) is 0.722. The fourth-order valence-corrected chi connectivity index (χ4v) is 3.38. The van der Waals surface area contributed by atoms with Crippen molar-refractivity contribution >= 4 is 21.7 Å². The Morgan fingerprint density at radius 3 is 2.57 bits per heavy atom. The van der Waals surface area contributed by atoms with Gasteiger partial charge in [-0.15, -0.1) is 0 Å². The monoisotopic (exact) mass is 311 g/mol. The molecule has 0 spiro atoms. The van der Waals surface area contributed by atoms with Crippen LogP contribution in [0.3, 0.4) is 0 Å². The van der Waals surface area contributed by atoms with Crippen LogP contribution in [0.2, 0.25) is 0 Å². The van der Waals surface area contributed by atoms with Crippen molar-refractivity contribution in [2.45, 2.75) is 10.9 Å². The van der Waals surface area contributed by atoms with Gasteiger partial charge >= 0.3 is 0 Å². The molecule has 3 N–H and O–H groups in total. The van der Waals surface area contributed by atoms with Gasteiger partial charge in [0.1, 0.15) is 11.8 Å². The second-order valence-electron chi connectivity index (χ2n) is 4.82. The van der Waals surface area contributed by atoms with Crippen molar-refractivity contribution < 1.29 is 18.0 Å². The van der Waals surface area contributed by atoms with Crippen LogP contribution in [-0.2, 0) is 19.4 Å². The zero-order valence-electron chi connectivity index (χ0n) is 11.4. The maximum absolute atomic E-state index is 12.1. The molecule has 0 radical (unpaired) electrons. The number of piperazine rings is 1. The summed E-state index contributed by atoms with van der Waals surface area (Å²) in [4.78, 5) is 24.7. The highest BCUT2D eigenvalue weighted by atomic mass is 32.2. The molecule has 7 nitrogen and oxygen atoms in total. The summed E-state index contributed by atoms with van der Waals surface area (Å²) < 4.78 is 24.3. The molecular formula is C13H17N3O4S. The molecule has 1 fully saturated rings. The van der Waals surface area contributed by atoms with E-state index in [1.165, 1.54) is 17.0 Å². The summed E-state index contributed by atoms with van der Waals surface area (Å²) in [5, 5.41) is 2.88. The van der Waals surface area contributed by atoms with Crippen molar-refractivity contribution in [1.29, 1.82) is 0 Å². The highest BCUT2D eigenvalue weighted by Gasteiger charge is 2.29. The zero-order valence-corrected chi connectivity index (χ0v) is 12.2. The molecule has 1 aromatic rings. The average Bonchev–Trinajstić information content (AvgIpc) is 2.48. The summed E-state index contributed by atoms with van der Waals surface area (Å²) in [7, 11) is -3.67. The summed E-state index contributed by atoms with van der Waals surface area (Å²) in [6.07, 6.45) is 0. The lowest BCUT2D eigenvalue weighted by atomic mass is 10.2. The first-order chi connectivity index (χ1) is 9.90. The molecule has 1 saturated heterocycles. The van der Waals surface area contributed by atoms with E-state index < -0.39 is 33.4 Å². The summed E-state index contributed by atoms with van der Waals surface area (Å²) in [6.45, 7) is 0.857. The minimum absolute atomic E-state index is 0.0957. The van der Waals surface area contributed by atoms with Crippen molar-refractivity contribution in [3.8, 4) is 0 Å². The number of hydrogen-bond donors (Lipinski definition) is 2. The first-order valence-electron chi connectivity index (χ1n) is 6.48. The topological polar surface area (TPSA) is 110 Å². The van der Waals surface area contributed by atoms with Gasteiger partial charge in [-0.1, -0.05) is 18.2 Å². The number of nitrogens with two attached hydrogens (primary N) is 1. The van der Waals surface area contributed by atoms with E-state index >= 15 is 0 Å². The van der Waals surface area contributed by atoms with Crippen LogP contribution in [0.15, 0.2) is 35.2 Å². The van der Waals surface area contributed by atoms with Gasteiger partial charge in [0.2, 0.25) is 11.8 Å². The molecule has 0 aromatic heterocycles. The van der Waals surface area contributed by atoms with Gasteiger partial charge < -0.3 is 16.0 Å². The fraction of sp³-hybridized carbons (Fsp3) is 0.385. The Kier molecular flexibility index (Phi) is 4.59. The van der Waals surface area contributed by atoms with E-state index in [1.807, 2.05) is 0 Å². The van der Waals surface area contributed by atoms with E-state index in [-0.39, 0.29) is 11.4 Å². The van der Waals surface area contributed by atoms with Crippen molar-refractivity contribution in [2.24, 2.45) is 5.73 Å². The number of carbonyl (C=O) groups is 2. The molecule has 21 heavy (non-hydrogen) atoms. The standard InChI is InChI=1S/C13H17N3O4S/c14-13(18)11-8-16(7-6-15-11)12(17)9-21(19,20)10-4-2-1-3-5-10/h1-5,11,15H,6-9H2,(H2,14,18). The van der Waals surface area contributed by atoms with Crippen molar-refractivity contribution in [2.75, 3.05) is 25.4 Å². The van der Waals surface area contributed by atoms with Crippen LogP contribution in [0.1, 0.15) is 0 Å². The molecule has 1 unspecified atom stereocenters. The van der Waals surface area contributed by atoms with Crippen LogP contribution in [0, 0.1) is 0 Å². The molecule has 2 amide bonds. The minimum Gasteiger partial charge on any atom is -0.368 e. The Morgan fingerprint density at radius 2 is 1.95 bits per heavy atom. The van der Waals surface area contributed by atoms with Gasteiger partial charge in [0, 0.05) is 19.6 Å². The van der Waals surface area contributed by atoms with Gasteiger partial charge in [-0.2, -0.15) is 0 Å². The summed E-state index contributed by atoms with van der Waals surface area (Å²) in [5.41, 5.74) is 5.19. The number of benzene rings is 1. The maximum Gasteiger partial charge on any atom is 0.238 e. The fourth-order valence-electron chi connectivity index (χ4n) is 2.13. The van der Waals surface area contributed by atoms with E-state index in [0.717, 1.165) is 0 Å². The third kappa shape index (κ3) is 3.79. The third-order valence-electron chi connectivity index (χ3n) is 3.29. The zero-order chi connectivity index (χ0) is 15.5. The van der Waals surface area contributed by atoms with E-state index in [2.05, 4.69) is 5.32 Å². The molecule has 8 heteroatoms. The van der Waals surface area contributed by atoms with Crippen LogP contribution in [-0.4, -0.2) is 56.6 Å². The minimum atomic E-state index is -3.67. The molecule has 0 saturated carbocycles. The van der Waals surface area contributed by atoms with Gasteiger partial charge in [-0.25, -0.2) is 8.42 Å². The summed E-state index contributed by atoms with van der Waals surface area (Å²) in [6, 6.07) is 7.17. The van der Waals surface area contributed by atoms with Gasteiger partial charge in [0.05, 0.1) is 4.90 Å². The Hall–Kier alpha value is -1.93. The SMILES string of the molecule is NC(=O)C1CN(C(=O)CS(=O)(=O)c2ccccc2)CCN1. The molecule has 0 aliphatic carbocycles. The summed E-state index contributed by atoms with van der Waals surface area (Å²) in [5.74, 6) is -1.69. The lowest BCUT2D eigenvalue weighted by Gasteiger charge is -2.32. The third-order valence-corrected chi connectivity index (χ3v) is 4.90. The molecule has 114 valence electrons. The van der Waals surface area contributed by atoms with Crippen LogP contribution in [0.25, 0.3) is 0 Å². The van der Waals surface area contributed by atoms with E-state index in [9.17, 15) is 18.0 Å². The number of sulfone groups is 1. The van der Waals surface area contributed by atoms with Crippen LogP contribution in [0.5, 0.6) is 0 Å². The Morgan fingerprint density at radius 1 is 1.29 bits per heavy atom. The number of amides is 2. The van der Waals surface area contributed by atoms with Crippen LogP contribution in [0.4, 0.5) is 0 Å². The first kappa shape index (κ1) is 15.5. The molecule has 1 aromatic carbocycles. The predicted octanol–water partition coefficient (Wildman–Crippen LogP) is -1.25. The second kappa shape index (κ2) is 6.23. The van der Waals surface area contributed by atoms with E-state index in [1.54, 1.807) is 18.2 Å². The lowest BCUT2D eigenvalue weighted by Crippen LogP contribution is -2.58. The number of carbonyl (C=O) groups excluding carboxylic acids is 2. The number of nitrogens with one attached hydrogen (secondary N) is 1.